The maximum Gasteiger partial charge on any atom is 0.410 e. The third-order valence-electron chi connectivity index (χ3n) is 6.85. The van der Waals surface area contributed by atoms with Crippen molar-refractivity contribution in [3.63, 3.8) is 0 Å². The average Bonchev–Trinajstić information content (AvgIpc) is 3.35. The van der Waals surface area contributed by atoms with Crippen LogP contribution in [0.4, 0.5) is 9.18 Å². The monoisotopic (exact) mass is 600 g/mol. The number of fused-ring (bicyclic) bond motifs is 3. The Morgan fingerprint density at radius 3 is 2.58 bits per heavy atom. The first-order valence-corrected chi connectivity index (χ1v) is 14.0. The number of amides is 1. The van der Waals surface area contributed by atoms with Crippen molar-refractivity contribution in [1.29, 1.82) is 0 Å². The van der Waals surface area contributed by atoms with E-state index in [2.05, 4.69) is 16.7 Å². The lowest BCUT2D eigenvalue weighted by Crippen LogP contribution is -2.42. The molecule has 5 rings (SSSR count). The van der Waals surface area contributed by atoms with Gasteiger partial charge in [0, 0.05) is 29.6 Å². The van der Waals surface area contributed by atoms with Gasteiger partial charge in [0.05, 0.1) is 33.2 Å². The Morgan fingerprint density at radius 2 is 1.90 bits per heavy atom. The fraction of sp³-hybridized carbons (Fsp3) is 0.300. The average molecular weight is 602 g/mol. The minimum absolute atomic E-state index is 0.0397. The number of carbonyl (C=O) groups is 1. The highest BCUT2D eigenvalue weighted by molar-refractivity contribution is 6.39. The number of benzene rings is 2. The number of ether oxygens (including phenoxy) is 1. The van der Waals surface area contributed by atoms with E-state index in [-0.39, 0.29) is 33.4 Å². The quantitative estimate of drug-likeness (QED) is 0.173. The van der Waals surface area contributed by atoms with Crippen LogP contribution in [-0.2, 0) is 4.74 Å². The molecule has 0 atom stereocenters. The summed E-state index contributed by atoms with van der Waals surface area (Å²) in [6.45, 7) is 10.2. The van der Waals surface area contributed by atoms with Crippen molar-refractivity contribution in [2.45, 2.75) is 45.3 Å². The highest BCUT2D eigenvalue weighted by Crippen LogP contribution is 2.43. The van der Waals surface area contributed by atoms with E-state index in [0.717, 1.165) is 0 Å². The molecule has 208 valence electrons. The van der Waals surface area contributed by atoms with Crippen LogP contribution in [-0.4, -0.2) is 44.4 Å². The summed E-state index contributed by atoms with van der Waals surface area (Å²) in [6.07, 6.45) is 7.76. The molecule has 0 unspecified atom stereocenters. The maximum atomic E-state index is 16.3. The first-order chi connectivity index (χ1) is 19.0. The Bertz CT molecular complexity index is 1670. The number of hydrogen-bond acceptors (Lipinski definition) is 4. The van der Waals surface area contributed by atoms with Crippen LogP contribution in [0.5, 0.6) is 0 Å². The van der Waals surface area contributed by atoms with Gasteiger partial charge in [-0.25, -0.2) is 14.2 Å². The van der Waals surface area contributed by atoms with Crippen LogP contribution in [0, 0.1) is 5.82 Å². The molecule has 1 fully saturated rings. The number of likely N-dealkylation sites (tertiary alicyclic amines) is 1. The molecule has 2 aromatic carbocycles. The molecular weight excluding hydrogens is 574 g/mol. The Kier molecular flexibility index (Phi) is 7.83. The van der Waals surface area contributed by atoms with E-state index in [0.29, 0.717) is 58.4 Å². The molecule has 0 radical (unpaired) electrons. The molecule has 10 heteroatoms. The van der Waals surface area contributed by atoms with E-state index in [1.165, 1.54) is 0 Å². The number of carbonyl (C=O) groups excluding carboxylic acids is 1. The second-order valence-electron chi connectivity index (χ2n) is 10.7. The third kappa shape index (κ3) is 5.30. The van der Waals surface area contributed by atoms with Gasteiger partial charge in [-0.2, -0.15) is 5.10 Å². The van der Waals surface area contributed by atoms with Crippen molar-refractivity contribution in [2.75, 3.05) is 13.1 Å². The fourth-order valence-corrected chi connectivity index (χ4v) is 5.83. The molecule has 40 heavy (non-hydrogen) atoms. The van der Waals surface area contributed by atoms with Gasteiger partial charge in [-0.15, -0.1) is 0 Å². The predicted molar refractivity (Wildman–Crippen MR) is 161 cm³/mol. The Hall–Kier alpha value is -3.13. The molecule has 0 aliphatic carbocycles. The van der Waals surface area contributed by atoms with Crippen LogP contribution in [0.1, 0.15) is 45.2 Å². The van der Waals surface area contributed by atoms with Crippen molar-refractivity contribution in [2.24, 2.45) is 0 Å². The molecular formula is C30H28Cl3FN4O2. The molecule has 4 aromatic rings. The third-order valence-corrected chi connectivity index (χ3v) is 7.86. The summed E-state index contributed by atoms with van der Waals surface area (Å²) in [5.41, 5.74) is 1.45. The van der Waals surface area contributed by atoms with E-state index in [1.54, 1.807) is 47.5 Å². The molecule has 1 aliphatic rings. The molecule has 0 spiro atoms. The lowest BCUT2D eigenvalue weighted by atomic mass is 9.99. The van der Waals surface area contributed by atoms with Crippen LogP contribution >= 0.6 is 34.8 Å². The molecule has 3 heterocycles. The van der Waals surface area contributed by atoms with Crippen molar-refractivity contribution < 1.29 is 13.9 Å². The topological polar surface area (TPSA) is 60.2 Å². The van der Waals surface area contributed by atoms with Crippen LogP contribution in [0.2, 0.25) is 15.2 Å². The van der Waals surface area contributed by atoms with Crippen molar-refractivity contribution in [3.8, 4) is 11.1 Å². The zero-order chi connectivity index (χ0) is 28.8. The molecule has 0 saturated carbocycles. The SMILES string of the molecule is C=C/C=C\c1cccc(-c2c(Cl)cc3c(nc(Cl)c4cnn(C5CCN(C(=O)OC(C)(C)C)CC5)c43)c2F)c1Cl. The second-order valence-corrected chi connectivity index (χ2v) is 11.8. The van der Waals surface area contributed by atoms with Gasteiger partial charge < -0.3 is 9.64 Å². The predicted octanol–water partition coefficient (Wildman–Crippen LogP) is 9.12. The second kappa shape index (κ2) is 11.0. The van der Waals surface area contributed by atoms with Gasteiger partial charge in [0.2, 0.25) is 0 Å². The van der Waals surface area contributed by atoms with E-state index < -0.39 is 11.4 Å². The summed E-state index contributed by atoms with van der Waals surface area (Å²) in [5.74, 6) is -0.620. The standard InChI is InChI=1S/C30H28Cl3FN4O2/c1-5-6-8-17-9-7-10-19(24(17)32)23-22(31)15-20-26(25(23)34)36-28(33)21-16-35-38(27(20)21)18-11-13-37(14-12-18)29(39)40-30(2,3)4/h5-10,15-16,18H,1,11-14H2,2-4H3/b8-6-. The molecule has 1 saturated heterocycles. The summed E-state index contributed by atoms with van der Waals surface area (Å²) >= 11 is 20.0. The van der Waals surface area contributed by atoms with Gasteiger partial charge in [0.1, 0.15) is 16.3 Å². The van der Waals surface area contributed by atoms with Gasteiger partial charge in [0.25, 0.3) is 0 Å². The lowest BCUT2D eigenvalue weighted by molar-refractivity contribution is 0.0186. The normalized spacial score (nSPS) is 14.9. The minimum atomic E-state index is -0.620. The zero-order valence-corrected chi connectivity index (χ0v) is 24.6. The number of pyridine rings is 1. The highest BCUT2D eigenvalue weighted by Gasteiger charge is 2.30. The van der Waals surface area contributed by atoms with Crippen LogP contribution in [0.15, 0.2) is 49.2 Å². The summed E-state index contributed by atoms with van der Waals surface area (Å²) in [6, 6.07) is 6.97. The molecule has 0 N–H and O–H groups in total. The lowest BCUT2D eigenvalue weighted by Gasteiger charge is -2.33. The van der Waals surface area contributed by atoms with Crippen molar-refractivity contribution in [3.05, 3.63) is 75.8 Å². The molecule has 6 nitrogen and oxygen atoms in total. The Labute approximate surface area is 247 Å². The van der Waals surface area contributed by atoms with Crippen molar-refractivity contribution in [1.82, 2.24) is 19.7 Å². The maximum absolute atomic E-state index is 16.3. The number of halogens is 4. The van der Waals surface area contributed by atoms with Gasteiger partial charge >= 0.3 is 6.09 Å². The highest BCUT2D eigenvalue weighted by atomic mass is 35.5. The van der Waals surface area contributed by atoms with Crippen LogP contribution in [0.25, 0.3) is 39.0 Å². The summed E-state index contributed by atoms with van der Waals surface area (Å²) in [5, 5.41) is 6.39. The largest absolute Gasteiger partial charge is 0.444 e. The number of aromatic nitrogens is 3. The zero-order valence-electron chi connectivity index (χ0n) is 22.3. The van der Waals surface area contributed by atoms with E-state index in [4.69, 9.17) is 39.5 Å². The number of hydrogen-bond donors (Lipinski definition) is 0. The van der Waals surface area contributed by atoms with E-state index in [1.807, 2.05) is 31.5 Å². The van der Waals surface area contributed by atoms with E-state index in [9.17, 15) is 4.79 Å². The first-order valence-electron chi connectivity index (χ1n) is 12.9. The smallest absolute Gasteiger partial charge is 0.410 e. The number of rotatable bonds is 4. The molecule has 2 aromatic heterocycles. The van der Waals surface area contributed by atoms with Gasteiger partial charge in [-0.3, -0.25) is 4.68 Å². The first kappa shape index (κ1) is 28.4. The molecule has 1 aliphatic heterocycles. The van der Waals surface area contributed by atoms with Gasteiger partial charge in [-0.05, 0) is 45.2 Å². The Balaban J connectivity index is 1.57. The molecule has 1 amide bonds. The summed E-state index contributed by atoms with van der Waals surface area (Å²) < 4.78 is 23.6. The number of nitrogens with zero attached hydrogens (tertiary/aromatic N) is 4. The van der Waals surface area contributed by atoms with Gasteiger partial charge in [-0.1, -0.05) is 77.8 Å². The van der Waals surface area contributed by atoms with Crippen molar-refractivity contribution >= 4 is 68.8 Å². The van der Waals surface area contributed by atoms with Crippen LogP contribution in [0.3, 0.4) is 0 Å². The fourth-order valence-electron chi connectivity index (χ4n) is 5.03. The Morgan fingerprint density at radius 1 is 1.18 bits per heavy atom. The van der Waals surface area contributed by atoms with E-state index >= 15 is 4.39 Å². The van der Waals surface area contributed by atoms with Gasteiger partial charge in [0.15, 0.2) is 5.82 Å². The number of piperidine rings is 1. The number of allylic oxidation sites excluding steroid dienone is 2. The minimum Gasteiger partial charge on any atom is -0.444 e. The summed E-state index contributed by atoms with van der Waals surface area (Å²) in [4.78, 5) is 18.6. The summed E-state index contributed by atoms with van der Waals surface area (Å²) in [7, 11) is 0. The molecule has 0 bridgehead atoms. The van der Waals surface area contributed by atoms with Crippen LogP contribution < -0.4 is 0 Å².